The summed E-state index contributed by atoms with van der Waals surface area (Å²) in [5.74, 6) is -1.19. The number of fused-ring (bicyclic) bond motifs is 1. The SMILES string of the molecule is CC(C)(C)CCOC(=O)n1c(C(=O)O)cc2cccnc21. The topological polar surface area (TPSA) is 81.4 Å². The van der Waals surface area contributed by atoms with E-state index in [2.05, 4.69) is 4.98 Å². The Bertz CT molecular complexity index is 683. The Morgan fingerprint density at radius 2 is 2.10 bits per heavy atom. The molecule has 21 heavy (non-hydrogen) atoms. The molecule has 2 aromatic heterocycles. The van der Waals surface area contributed by atoms with E-state index in [1.54, 1.807) is 12.1 Å². The molecule has 2 rings (SSSR count). The molecule has 112 valence electrons. The van der Waals surface area contributed by atoms with Crippen LogP contribution in [0.4, 0.5) is 4.79 Å². The molecule has 0 fully saturated rings. The molecule has 0 saturated carbocycles. The summed E-state index contributed by atoms with van der Waals surface area (Å²) in [7, 11) is 0. The van der Waals surface area contributed by atoms with Gasteiger partial charge in [0.25, 0.3) is 0 Å². The fourth-order valence-corrected chi connectivity index (χ4v) is 1.89. The molecule has 1 N–H and O–H groups in total. The molecule has 0 aliphatic heterocycles. The van der Waals surface area contributed by atoms with Crippen LogP contribution in [0.15, 0.2) is 24.4 Å². The van der Waals surface area contributed by atoms with Gasteiger partial charge in [0, 0.05) is 11.6 Å². The average molecular weight is 290 g/mol. The quantitative estimate of drug-likeness (QED) is 0.939. The molecule has 0 amide bonds. The number of aromatic nitrogens is 2. The number of hydrogen-bond donors (Lipinski definition) is 1. The van der Waals surface area contributed by atoms with E-state index in [1.807, 2.05) is 20.8 Å². The number of carboxylic acids is 1. The third-order valence-corrected chi connectivity index (χ3v) is 3.04. The number of aromatic carboxylic acids is 1. The summed E-state index contributed by atoms with van der Waals surface area (Å²) >= 11 is 0. The smallest absolute Gasteiger partial charge is 0.420 e. The Kier molecular flexibility index (Phi) is 3.97. The highest BCUT2D eigenvalue weighted by Crippen LogP contribution is 2.20. The lowest BCUT2D eigenvalue weighted by Crippen LogP contribution is -2.21. The summed E-state index contributed by atoms with van der Waals surface area (Å²) in [5.41, 5.74) is 0.174. The molecular formula is C15H18N2O4. The van der Waals surface area contributed by atoms with Gasteiger partial charge < -0.3 is 9.84 Å². The molecule has 6 nitrogen and oxygen atoms in total. The molecule has 0 unspecified atom stereocenters. The van der Waals surface area contributed by atoms with E-state index in [4.69, 9.17) is 4.74 Å². The predicted octanol–water partition coefficient (Wildman–Crippen LogP) is 3.16. The molecule has 0 saturated heterocycles. The van der Waals surface area contributed by atoms with Crippen LogP contribution in [-0.4, -0.2) is 33.3 Å². The maximum absolute atomic E-state index is 12.2. The minimum absolute atomic E-state index is 0.0346. The monoisotopic (exact) mass is 290 g/mol. The van der Waals surface area contributed by atoms with Gasteiger partial charge in [0.05, 0.1) is 6.61 Å². The Hall–Kier alpha value is -2.37. The third-order valence-electron chi connectivity index (χ3n) is 3.04. The molecule has 0 radical (unpaired) electrons. The lowest BCUT2D eigenvalue weighted by atomic mass is 9.93. The second-order valence-corrected chi connectivity index (χ2v) is 6.01. The fraction of sp³-hybridized carbons (Fsp3) is 0.400. The molecule has 0 aliphatic carbocycles. The number of nitrogens with zero attached hydrogens (tertiary/aromatic N) is 2. The van der Waals surface area contributed by atoms with Gasteiger partial charge in [0.2, 0.25) is 0 Å². The first-order valence-electron chi connectivity index (χ1n) is 6.66. The van der Waals surface area contributed by atoms with Gasteiger partial charge in [-0.15, -0.1) is 0 Å². The zero-order chi connectivity index (χ0) is 15.6. The van der Waals surface area contributed by atoms with E-state index in [1.165, 1.54) is 12.3 Å². The summed E-state index contributed by atoms with van der Waals surface area (Å²) in [6.45, 7) is 6.34. The predicted molar refractivity (Wildman–Crippen MR) is 77.5 cm³/mol. The van der Waals surface area contributed by atoms with E-state index in [0.717, 1.165) is 4.57 Å². The normalized spacial score (nSPS) is 11.6. The van der Waals surface area contributed by atoms with Crippen LogP contribution in [0.1, 0.15) is 37.7 Å². The summed E-state index contributed by atoms with van der Waals surface area (Å²) in [4.78, 5) is 27.5. The van der Waals surface area contributed by atoms with Crippen molar-refractivity contribution in [2.45, 2.75) is 27.2 Å². The average Bonchev–Trinajstić information content (AvgIpc) is 2.76. The molecule has 2 heterocycles. The van der Waals surface area contributed by atoms with Gasteiger partial charge >= 0.3 is 12.1 Å². The lowest BCUT2D eigenvalue weighted by molar-refractivity contribution is 0.0680. The second-order valence-electron chi connectivity index (χ2n) is 6.01. The van der Waals surface area contributed by atoms with Crippen molar-refractivity contribution in [2.24, 2.45) is 5.41 Å². The van der Waals surface area contributed by atoms with Crippen molar-refractivity contribution in [2.75, 3.05) is 6.61 Å². The van der Waals surface area contributed by atoms with Gasteiger partial charge in [-0.1, -0.05) is 20.8 Å². The van der Waals surface area contributed by atoms with Gasteiger partial charge in [0.15, 0.2) is 0 Å². The Balaban J connectivity index is 2.29. The van der Waals surface area contributed by atoms with Crippen molar-refractivity contribution in [1.82, 2.24) is 9.55 Å². The van der Waals surface area contributed by atoms with E-state index in [9.17, 15) is 14.7 Å². The second kappa shape index (κ2) is 5.55. The number of carboxylic acid groups (broad SMARTS) is 1. The van der Waals surface area contributed by atoms with E-state index in [0.29, 0.717) is 11.8 Å². The molecule has 2 aromatic rings. The van der Waals surface area contributed by atoms with Crippen LogP contribution in [-0.2, 0) is 4.74 Å². The molecule has 0 bridgehead atoms. The van der Waals surface area contributed by atoms with Crippen LogP contribution in [0.5, 0.6) is 0 Å². The molecule has 0 aliphatic rings. The number of carbonyl (C=O) groups excluding carboxylic acids is 1. The maximum atomic E-state index is 12.2. The highest BCUT2D eigenvalue weighted by Gasteiger charge is 2.22. The zero-order valence-corrected chi connectivity index (χ0v) is 12.3. The van der Waals surface area contributed by atoms with Gasteiger partial charge in [-0.05, 0) is 30.0 Å². The third kappa shape index (κ3) is 3.39. The van der Waals surface area contributed by atoms with Gasteiger partial charge in [-0.3, -0.25) is 0 Å². The molecule has 0 aromatic carbocycles. The summed E-state index contributed by atoms with van der Waals surface area (Å²) in [5, 5.41) is 9.80. The molecule has 0 spiro atoms. The van der Waals surface area contributed by atoms with Crippen molar-refractivity contribution >= 4 is 23.1 Å². The van der Waals surface area contributed by atoms with E-state index < -0.39 is 12.1 Å². The van der Waals surface area contributed by atoms with Crippen LogP contribution in [0.3, 0.4) is 0 Å². The number of ether oxygens (including phenoxy) is 1. The first-order valence-corrected chi connectivity index (χ1v) is 6.66. The van der Waals surface area contributed by atoms with Gasteiger partial charge in [0.1, 0.15) is 11.3 Å². The summed E-state index contributed by atoms with van der Waals surface area (Å²) < 4.78 is 6.18. The number of hydrogen-bond acceptors (Lipinski definition) is 4. The number of rotatable bonds is 3. The van der Waals surface area contributed by atoms with Gasteiger partial charge in [-0.25, -0.2) is 19.1 Å². The minimum Gasteiger partial charge on any atom is -0.477 e. The standard InChI is InChI=1S/C15H18N2O4/c1-15(2,3)6-8-21-14(20)17-11(13(18)19)9-10-5-4-7-16-12(10)17/h4-5,7,9H,6,8H2,1-3H3,(H,18,19). The van der Waals surface area contributed by atoms with Crippen LogP contribution in [0, 0.1) is 5.41 Å². The molecular weight excluding hydrogens is 272 g/mol. The van der Waals surface area contributed by atoms with Crippen molar-refractivity contribution in [3.8, 4) is 0 Å². The summed E-state index contributed by atoms with van der Waals surface area (Å²) in [6, 6.07) is 4.80. The minimum atomic E-state index is -1.19. The highest BCUT2D eigenvalue weighted by atomic mass is 16.5. The van der Waals surface area contributed by atoms with Crippen molar-refractivity contribution in [3.63, 3.8) is 0 Å². The Morgan fingerprint density at radius 1 is 1.38 bits per heavy atom. The van der Waals surface area contributed by atoms with Crippen LogP contribution in [0.25, 0.3) is 11.0 Å². The van der Waals surface area contributed by atoms with Crippen molar-refractivity contribution in [3.05, 3.63) is 30.1 Å². The van der Waals surface area contributed by atoms with Crippen molar-refractivity contribution in [1.29, 1.82) is 0 Å². The van der Waals surface area contributed by atoms with Gasteiger partial charge in [-0.2, -0.15) is 0 Å². The van der Waals surface area contributed by atoms with Crippen molar-refractivity contribution < 1.29 is 19.4 Å². The number of carbonyl (C=O) groups is 2. The Labute approximate surface area is 122 Å². The fourth-order valence-electron chi connectivity index (χ4n) is 1.89. The maximum Gasteiger partial charge on any atom is 0.420 e. The van der Waals surface area contributed by atoms with E-state index >= 15 is 0 Å². The first kappa shape index (κ1) is 15.0. The van der Waals surface area contributed by atoms with Crippen LogP contribution >= 0.6 is 0 Å². The zero-order valence-electron chi connectivity index (χ0n) is 12.3. The molecule has 0 atom stereocenters. The highest BCUT2D eigenvalue weighted by molar-refractivity contribution is 5.99. The lowest BCUT2D eigenvalue weighted by Gasteiger charge is -2.17. The Morgan fingerprint density at radius 3 is 2.71 bits per heavy atom. The largest absolute Gasteiger partial charge is 0.477 e. The van der Waals surface area contributed by atoms with Crippen LogP contribution in [0.2, 0.25) is 0 Å². The molecule has 6 heteroatoms. The summed E-state index contributed by atoms with van der Waals surface area (Å²) in [6.07, 6.45) is 1.48. The van der Waals surface area contributed by atoms with E-state index in [-0.39, 0.29) is 23.4 Å². The first-order chi connectivity index (χ1) is 9.79. The van der Waals surface area contributed by atoms with Crippen LogP contribution < -0.4 is 0 Å². The number of pyridine rings is 1.